The molecule has 0 saturated heterocycles. The zero-order valence-electron chi connectivity index (χ0n) is 11.1. The molecule has 0 amide bonds. The van der Waals surface area contributed by atoms with E-state index in [4.69, 9.17) is 14.6 Å². The van der Waals surface area contributed by atoms with Crippen LogP contribution < -0.4 is 14.8 Å². The first-order valence-electron chi connectivity index (χ1n) is 5.82. The Balaban J connectivity index is 2.29. The van der Waals surface area contributed by atoms with E-state index in [0.717, 1.165) is 0 Å². The lowest BCUT2D eigenvalue weighted by atomic mass is 10.2. The first-order valence-corrected chi connectivity index (χ1v) is 5.82. The summed E-state index contributed by atoms with van der Waals surface area (Å²) in [6.45, 7) is 0. The third kappa shape index (κ3) is 3.17. The lowest BCUT2D eigenvalue weighted by Crippen LogP contribution is -2.00. The van der Waals surface area contributed by atoms with Crippen LogP contribution in [0.5, 0.6) is 11.5 Å². The number of benzene rings is 1. The molecule has 1 aromatic heterocycles. The second-order valence-corrected chi connectivity index (χ2v) is 3.96. The average Bonchev–Trinajstić information content (AvgIpc) is 2.47. The number of carboxylic acids is 1. The van der Waals surface area contributed by atoms with Crippen molar-refractivity contribution in [2.24, 2.45) is 0 Å². The highest BCUT2D eigenvalue weighted by Gasteiger charge is 2.06. The van der Waals surface area contributed by atoms with Crippen molar-refractivity contribution in [3.8, 4) is 11.5 Å². The zero-order valence-corrected chi connectivity index (χ0v) is 11.1. The van der Waals surface area contributed by atoms with Crippen LogP contribution >= 0.6 is 0 Å². The van der Waals surface area contributed by atoms with E-state index < -0.39 is 5.97 Å². The van der Waals surface area contributed by atoms with Crippen molar-refractivity contribution in [1.82, 2.24) is 4.98 Å². The van der Waals surface area contributed by atoms with Gasteiger partial charge in [-0.25, -0.2) is 9.78 Å². The number of carboxylic acid groups (broad SMARTS) is 1. The Bertz CT molecular complexity index is 606. The van der Waals surface area contributed by atoms with Crippen molar-refractivity contribution < 1.29 is 19.4 Å². The molecular formula is C14H14N2O4. The molecule has 0 radical (unpaired) electrons. The van der Waals surface area contributed by atoms with Crippen LogP contribution in [0.1, 0.15) is 10.4 Å². The maximum Gasteiger partial charge on any atom is 0.335 e. The summed E-state index contributed by atoms with van der Waals surface area (Å²) in [5.74, 6) is 0.682. The van der Waals surface area contributed by atoms with E-state index in [1.807, 2.05) is 0 Å². The van der Waals surface area contributed by atoms with Gasteiger partial charge < -0.3 is 19.9 Å². The van der Waals surface area contributed by atoms with Gasteiger partial charge in [0.1, 0.15) is 17.3 Å². The SMILES string of the molecule is COc1cc(Nc2cc(C(=O)O)ccn2)cc(OC)c1. The number of nitrogens with one attached hydrogen (secondary N) is 1. The van der Waals surface area contributed by atoms with Gasteiger partial charge in [0.2, 0.25) is 0 Å². The predicted molar refractivity (Wildman–Crippen MR) is 74.0 cm³/mol. The summed E-state index contributed by atoms with van der Waals surface area (Å²) in [6, 6.07) is 8.15. The van der Waals surface area contributed by atoms with Gasteiger partial charge in [0.25, 0.3) is 0 Å². The van der Waals surface area contributed by atoms with E-state index in [1.165, 1.54) is 18.3 Å². The van der Waals surface area contributed by atoms with Crippen molar-refractivity contribution in [2.75, 3.05) is 19.5 Å². The van der Waals surface area contributed by atoms with Gasteiger partial charge in [-0.05, 0) is 12.1 Å². The van der Waals surface area contributed by atoms with Gasteiger partial charge in [-0.3, -0.25) is 0 Å². The number of hydrogen-bond donors (Lipinski definition) is 2. The van der Waals surface area contributed by atoms with E-state index in [2.05, 4.69) is 10.3 Å². The molecule has 104 valence electrons. The van der Waals surface area contributed by atoms with Crippen LogP contribution in [0.2, 0.25) is 0 Å². The van der Waals surface area contributed by atoms with Crippen LogP contribution in [0.15, 0.2) is 36.5 Å². The number of anilines is 2. The molecule has 0 spiro atoms. The highest BCUT2D eigenvalue weighted by molar-refractivity contribution is 5.88. The summed E-state index contributed by atoms with van der Waals surface area (Å²) in [6.07, 6.45) is 1.43. The van der Waals surface area contributed by atoms with Gasteiger partial charge in [-0.2, -0.15) is 0 Å². The first kappa shape index (κ1) is 13.7. The Morgan fingerprint density at radius 1 is 1.15 bits per heavy atom. The topological polar surface area (TPSA) is 80.7 Å². The van der Waals surface area contributed by atoms with E-state index in [1.54, 1.807) is 32.4 Å². The van der Waals surface area contributed by atoms with Crippen molar-refractivity contribution in [3.63, 3.8) is 0 Å². The largest absolute Gasteiger partial charge is 0.497 e. The monoisotopic (exact) mass is 274 g/mol. The van der Waals surface area contributed by atoms with Crippen LogP contribution in [0.4, 0.5) is 11.5 Å². The van der Waals surface area contributed by atoms with Gasteiger partial charge in [0.15, 0.2) is 0 Å². The lowest BCUT2D eigenvalue weighted by molar-refractivity contribution is 0.0697. The Hall–Kier alpha value is -2.76. The number of carbonyl (C=O) groups is 1. The molecule has 6 heteroatoms. The number of hydrogen-bond acceptors (Lipinski definition) is 5. The summed E-state index contributed by atoms with van der Waals surface area (Å²) in [5.41, 5.74) is 0.855. The summed E-state index contributed by atoms with van der Waals surface area (Å²) in [7, 11) is 3.11. The van der Waals surface area contributed by atoms with E-state index in [0.29, 0.717) is 23.0 Å². The van der Waals surface area contributed by atoms with Gasteiger partial charge in [0.05, 0.1) is 19.8 Å². The third-order valence-electron chi connectivity index (χ3n) is 2.63. The molecule has 1 aromatic carbocycles. The zero-order chi connectivity index (χ0) is 14.5. The van der Waals surface area contributed by atoms with Crippen LogP contribution in [0, 0.1) is 0 Å². The van der Waals surface area contributed by atoms with Crippen LogP contribution in [0.3, 0.4) is 0 Å². The standard InChI is InChI=1S/C14H14N2O4/c1-19-11-6-10(7-12(8-11)20-2)16-13-5-9(14(17)18)3-4-15-13/h3-8H,1-2H3,(H,15,16)(H,17,18). The molecule has 0 fully saturated rings. The maximum atomic E-state index is 10.9. The predicted octanol–water partition coefficient (Wildman–Crippen LogP) is 2.54. The van der Waals surface area contributed by atoms with Gasteiger partial charge in [-0.15, -0.1) is 0 Å². The fourth-order valence-corrected chi connectivity index (χ4v) is 1.66. The quantitative estimate of drug-likeness (QED) is 0.872. The lowest BCUT2D eigenvalue weighted by Gasteiger charge is -2.10. The molecule has 1 heterocycles. The van der Waals surface area contributed by atoms with E-state index >= 15 is 0 Å². The number of methoxy groups -OCH3 is 2. The Kier molecular flexibility index (Phi) is 4.05. The van der Waals surface area contributed by atoms with Crippen molar-refractivity contribution in [2.45, 2.75) is 0 Å². The number of aromatic carboxylic acids is 1. The molecule has 0 bridgehead atoms. The molecule has 0 unspecified atom stereocenters. The number of aromatic nitrogens is 1. The van der Waals surface area contributed by atoms with Gasteiger partial charge in [-0.1, -0.05) is 0 Å². The third-order valence-corrected chi connectivity index (χ3v) is 2.63. The molecule has 2 N–H and O–H groups in total. The molecule has 6 nitrogen and oxygen atoms in total. The average molecular weight is 274 g/mol. The molecule has 0 saturated carbocycles. The molecule has 0 aliphatic heterocycles. The molecular weight excluding hydrogens is 260 g/mol. The van der Waals surface area contributed by atoms with Crippen LogP contribution in [0.25, 0.3) is 0 Å². The number of nitrogens with zero attached hydrogens (tertiary/aromatic N) is 1. The van der Waals surface area contributed by atoms with Crippen molar-refractivity contribution in [1.29, 1.82) is 0 Å². The Morgan fingerprint density at radius 3 is 2.35 bits per heavy atom. The second kappa shape index (κ2) is 5.92. The highest BCUT2D eigenvalue weighted by atomic mass is 16.5. The molecule has 20 heavy (non-hydrogen) atoms. The fraction of sp³-hybridized carbons (Fsp3) is 0.143. The van der Waals surface area contributed by atoms with Crippen LogP contribution in [-0.4, -0.2) is 30.3 Å². The molecule has 0 aliphatic rings. The van der Waals surface area contributed by atoms with Gasteiger partial charge >= 0.3 is 5.97 Å². The summed E-state index contributed by atoms with van der Waals surface area (Å²) >= 11 is 0. The van der Waals surface area contributed by atoms with Crippen molar-refractivity contribution >= 4 is 17.5 Å². The Morgan fingerprint density at radius 2 is 1.80 bits per heavy atom. The van der Waals surface area contributed by atoms with E-state index in [9.17, 15) is 4.79 Å². The Labute approximate surface area is 116 Å². The first-order chi connectivity index (χ1) is 9.62. The van der Waals surface area contributed by atoms with Crippen LogP contribution in [-0.2, 0) is 0 Å². The molecule has 0 aliphatic carbocycles. The minimum absolute atomic E-state index is 0.164. The molecule has 2 rings (SSSR count). The summed E-state index contributed by atoms with van der Waals surface area (Å²) in [5, 5.41) is 12.0. The molecule has 0 atom stereocenters. The number of rotatable bonds is 5. The molecule has 2 aromatic rings. The summed E-state index contributed by atoms with van der Waals surface area (Å²) < 4.78 is 10.3. The smallest absolute Gasteiger partial charge is 0.335 e. The number of ether oxygens (including phenoxy) is 2. The van der Waals surface area contributed by atoms with Gasteiger partial charge in [0, 0.05) is 30.1 Å². The fourth-order valence-electron chi connectivity index (χ4n) is 1.66. The number of pyridine rings is 1. The van der Waals surface area contributed by atoms with E-state index in [-0.39, 0.29) is 5.56 Å². The minimum atomic E-state index is -1.00. The second-order valence-electron chi connectivity index (χ2n) is 3.96. The van der Waals surface area contributed by atoms with Crippen molar-refractivity contribution in [3.05, 3.63) is 42.1 Å². The highest BCUT2D eigenvalue weighted by Crippen LogP contribution is 2.27. The summed E-state index contributed by atoms with van der Waals surface area (Å²) in [4.78, 5) is 15.0. The maximum absolute atomic E-state index is 10.9. The minimum Gasteiger partial charge on any atom is -0.497 e. The normalized spacial score (nSPS) is 9.90.